The third kappa shape index (κ3) is 8.12. The van der Waals surface area contributed by atoms with Crippen LogP contribution in [0.4, 0.5) is 0 Å². The van der Waals surface area contributed by atoms with Gasteiger partial charge in [0.05, 0.1) is 24.2 Å². The maximum Gasteiger partial charge on any atom is 0.307 e. The molecule has 0 spiro atoms. The van der Waals surface area contributed by atoms with Crippen LogP contribution in [0.3, 0.4) is 0 Å². The van der Waals surface area contributed by atoms with Crippen molar-refractivity contribution in [3.8, 4) is 5.75 Å². The number of ether oxygens (including phenoxy) is 1. The molecule has 0 bridgehead atoms. The number of aliphatic carboxylic acids is 1. The minimum Gasteiger partial charge on any atom is -0.493 e. The predicted octanol–water partition coefficient (Wildman–Crippen LogP) is 2.79. The minimum absolute atomic E-state index is 0.0599. The number of nitrogens with two attached hydrogens (primary N) is 1. The summed E-state index contributed by atoms with van der Waals surface area (Å²) in [6.07, 6.45) is 0.259. The minimum atomic E-state index is -1.30. The molecule has 188 valence electrons. The molecular formula is C27H28N2O7. The van der Waals surface area contributed by atoms with Crippen LogP contribution in [-0.4, -0.2) is 47.2 Å². The van der Waals surface area contributed by atoms with Crippen LogP contribution < -0.4 is 10.5 Å². The summed E-state index contributed by atoms with van der Waals surface area (Å²) in [5.74, 6) is -4.44. The van der Waals surface area contributed by atoms with E-state index in [1.165, 1.54) is 0 Å². The van der Waals surface area contributed by atoms with E-state index >= 15 is 0 Å². The van der Waals surface area contributed by atoms with Gasteiger partial charge in [0.25, 0.3) is 0 Å². The molecule has 2 rings (SSSR count). The first-order valence-electron chi connectivity index (χ1n) is 11.1. The summed E-state index contributed by atoms with van der Waals surface area (Å²) >= 11 is 0. The van der Waals surface area contributed by atoms with E-state index in [9.17, 15) is 24.0 Å². The van der Waals surface area contributed by atoms with E-state index in [-0.39, 0.29) is 12.4 Å². The van der Waals surface area contributed by atoms with Crippen molar-refractivity contribution in [1.29, 1.82) is 5.41 Å². The van der Waals surface area contributed by atoms with Gasteiger partial charge in [-0.25, -0.2) is 0 Å². The number of carbonyl (C=O) groups is 5. The second kappa shape index (κ2) is 12.9. The topological polar surface area (TPSA) is 165 Å². The molecule has 0 aliphatic rings. The standard InChI is InChI=1S/C27H28N2O7/c1-16(14-30)11-18-3-5-19(6-4-18)26(33)20-7-9-22(10-8-20)36-15-17(2)25(32)23(28)12-21(27(34)35)13-24(29)31/h3-10,14,17,21,28H,1,11-13,15H2,2H3,(H2,29,31)(H,34,35). The molecule has 9 heteroatoms. The first kappa shape index (κ1) is 27.8. The van der Waals surface area contributed by atoms with E-state index in [0.717, 1.165) is 5.56 Å². The van der Waals surface area contributed by atoms with Crippen LogP contribution in [0.1, 0.15) is 41.3 Å². The zero-order valence-electron chi connectivity index (χ0n) is 19.9. The maximum atomic E-state index is 12.7. The first-order chi connectivity index (χ1) is 17.0. The van der Waals surface area contributed by atoms with Crippen molar-refractivity contribution in [2.75, 3.05) is 6.61 Å². The molecule has 0 aromatic heterocycles. The number of primary amides is 1. The smallest absolute Gasteiger partial charge is 0.307 e. The molecule has 2 atom stereocenters. The van der Waals surface area contributed by atoms with Gasteiger partial charge >= 0.3 is 5.97 Å². The lowest BCUT2D eigenvalue weighted by molar-refractivity contribution is -0.143. The molecule has 0 fully saturated rings. The molecule has 36 heavy (non-hydrogen) atoms. The van der Waals surface area contributed by atoms with Crippen LogP contribution in [0.15, 0.2) is 60.7 Å². The van der Waals surface area contributed by atoms with Crippen molar-refractivity contribution in [2.24, 2.45) is 17.6 Å². The molecule has 9 nitrogen and oxygen atoms in total. The fraction of sp³-hybridized carbons (Fsp3) is 0.259. The number of aldehydes is 1. The summed E-state index contributed by atoms with van der Waals surface area (Å²) in [4.78, 5) is 58.1. The SMILES string of the molecule is C=C(C=O)Cc1ccc(C(=O)c2ccc(OCC(C)C(=O)C(=N)CC(CC(N)=O)C(=O)O)cc2)cc1. The number of hydrogen-bond acceptors (Lipinski definition) is 7. The number of benzene rings is 2. The fourth-order valence-electron chi connectivity index (χ4n) is 3.38. The Morgan fingerprint density at radius 3 is 2.08 bits per heavy atom. The zero-order valence-corrected chi connectivity index (χ0v) is 19.9. The van der Waals surface area contributed by atoms with Crippen LogP contribution in [0.5, 0.6) is 5.75 Å². The molecule has 0 aliphatic heterocycles. The Morgan fingerprint density at radius 2 is 1.58 bits per heavy atom. The Kier molecular flexibility index (Phi) is 9.97. The van der Waals surface area contributed by atoms with Crippen molar-refractivity contribution >= 4 is 35.4 Å². The lowest BCUT2D eigenvalue weighted by Crippen LogP contribution is -2.31. The van der Waals surface area contributed by atoms with Gasteiger partial charge in [0, 0.05) is 30.4 Å². The Hall–Kier alpha value is -4.40. The van der Waals surface area contributed by atoms with E-state index < -0.39 is 48.0 Å². The number of carboxylic acid groups (broad SMARTS) is 1. The zero-order chi connectivity index (χ0) is 26.8. The van der Waals surface area contributed by atoms with E-state index in [1.807, 2.05) is 0 Å². The van der Waals surface area contributed by atoms with E-state index in [1.54, 1.807) is 55.5 Å². The van der Waals surface area contributed by atoms with Gasteiger partial charge in [0.1, 0.15) is 12.0 Å². The monoisotopic (exact) mass is 492 g/mol. The normalized spacial score (nSPS) is 12.1. The highest BCUT2D eigenvalue weighted by Gasteiger charge is 2.27. The van der Waals surface area contributed by atoms with Crippen molar-refractivity contribution in [2.45, 2.75) is 26.2 Å². The van der Waals surface area contributed by atoms with Crippen molar-refractivity contribution in [1.82, 2.24) is 0 Å². The van der Waals surface area contributed by atoms with Crippen LogP contribution in [0.25, 0.3) is 0 Å². The number of rotatable bonds is 15. The highest BCUT2D eigenvalue weighted by Crippen LogP contribution is 2.18. The number of carboxylic acids is 1. The number of nitrogens with one attached hydrogen (secondary N) is 1. The Morgan fingerprint density at radius 1 is 1.03 bits per heavy atom. The third-order valence-electron chi connectivity index (χ3n) is 5.42. The molecule has 2 aromatic carbocycles. The van der Waals surface area contributed by atoms with Crippen LogP contribution in [0.2, 0.25) is 0 Å². The largest absolute Gasteiger partial charge is 0.493 e. The molecule has 1 amide bonds. The van der Waals surface area contributed by atoms with Gasteiger partial charge in [-0.05, 0) is 35.4 Å². The maximum absolute atomic E-state index is 12.7. The molecule has 0 saturated heterocycles. The highest BCUT2D eigenvalue weighted by molar-refractivity contribution is 6.39. The summed E-state index contributed by atoms with van der Waals surface area (Å²) < 4.78 is 5.60. The van der Waals surface area contributed by atoms with Gasteiger partial charge in [-0.3, -0.25) is 24.0 Å². The van der Waals surface area contributed by atoms with E-state index in [4.69, 9.17) is 21.0 Å². The molecular weight excluding hydrogens is 464 g/mol. The van der Waals surface area contributed by atoms with Crippen LogP contribution in [0, 0.1) is 17.2 Å². The average Bonchev–Trinajstić information content (AvgIpc) is 2.86. The lowest BCUT2D eigenvalue weighted by atomic mass is 9.92. The fourth-order valence-corrected chi connectivity index (χ4v) is 3.38. The molecule has 4 N–H and O–H groups in total. The molecule has 0 aliphatic carbocycles. The van der Waals surface area contributed by atoms with Gasteiger partial charge in [-0.15, -0.1) is 0 Å². The number of amides is 1. The second-order valence-electron chi connectivity index (χ2n) is 8.47. The van der Waals surface area contributed by atoms with Crippen LogP contribution in [-0.2, 0) is 25.6 Å². The lowest BCUT2D eigenvalue weighted by Gasteiger charge is -2.15. The van der Waals surface area contributed by atoms with Crippen molar-refractivity contribution < 1.29 is 33.8 Å². The van der Waals surface area contributed by atoms with Gasteiger partial charge in [0.2, 0.25) is 5.91 Å². The summed E-state index contributed by atoms with van der Waals surface area (Å²) in [6, 6.07) is 13.3. The number of ketones is 2. The Bertz CT molecular complexity index is 1170. The highest BCUT2D eigenvalue weighted by atomic mass is 16.5. The number of hydrogen-bond donors (Lipinski definition) is 3. The molecule has 0 heterocycles. The van der Waals surface area contributed by atoms with Crippen LogP contribution >= 0.6 is 0 Å². The molecule has 2 aromatic rings. The van der Waals surface area contributed by atoms with Gasteiger partial charge < -0.3 is 21.0 Å². The summed E-state index contributed by atoms with van der Waals surface area (Å²) in [5, 5.41) is 17.1. The molecule has 0 saturated carbocycles. The van der Waals surface area contributed by atoms with Gasteiger partial charge in [-0.2, -0.15) is 0 Å². The number of Topliss-reactive ketones (excluding diaryl/α,β-unsaturated/α-hetero) is 1. The average molecular weight is 493 g/mol. The third-order valence-corrected chi connectivity index (χ3v) is 5.42. The summed E-state index contributed by atoms with van der Waals surface area (Å²) in [6.45, 7) is 5.13. The van der Waals surface area contributed by atoms with Gasteiger partial charge in [-0.1, -0.05) is 37.8 Å². The second-order valence-corrected chi connectivity index (χ2v) is 8.47. The van der Waals surface area contributed by atoms with Crippen molar-refractivity contribution in [3.05, 3.63) is 77.4 Å². The summed E-state index contributed by atoms with van der Waals surface area (Å²) in [7, 11) is 0. The quantitative estimate of drug-likeness (QED) is 0.149. The van der Waals surface area contributed by atoms with E-state index in [2.05, 4.69) is 6.58 Å². The first-order valence-corrected chi connectivity index (χ1v) is 11.1. The summed E-state index contributed by atoms with van der Waals surface area (Å²) in [5.41, 5.74) is 6.86. The molecule has 2 unspecified atom stereocenters. The number of allylic oxidation sites excluding steroid dienone is 1. The molecule has 0 radical (unpaired) electrons. The van der Waals surface area contributed by atoms with E-state index in [0.29, 0.717) is 35.2 Å². The number of carbonyl (C=O) groups excluding carboxylic acids is 4. The van der Waals surface area contributed by atoms with Gasteiger partial charge in [0.15, 0.2) is 11.6 Å². The van der Waals surface area contributed by atoms with Crippen molar-refractivity contribution in [3.63, 3.8) is 0 Å². The predicted molar refractivity (Wildman–Crippen MR) is 132 cm³/mol. The Balaban J connectivity index is 1.93. The Labute approximate surface area is 208 Å².